The number of rotatable bonds is 6. The van der Waals surface area contributed by atoms with Crippen LogP contribution < -0.4 is 0 Å². The lowest BCUT2D eigenvalue weighted by Crippen LogP contribution is -2.09. The summed E-state index contributed by atoms with van der Waals surface area (Å²) >= 11 is 0. The number of aromatic carboxylic acids is 2. The monoisotopic (exact) mass is 396 g/mol. The van der Waals surface area contributed by atoms with E-state index in [2.05, 4.69) is 0 Å². The van der Waals surface area contributed by atoms with Crippen molar-refractivity contribution in [3.05, 3.63) is 67.8 Å². The molecule has 0 saturated heterocycles. The smallest absolute Gasteiger partial charge is 0.342 e. The third-order valence-electron chi connectivity index (χ3n) is 3.41. The van der Waals surface area contributed by atoms with Crippen molar-refractivity contribution in [2.75, 3.05) is 0 Å². The maximum Gasteiger partial charge on any atom is 0.342 e. The minimum Gasteiger partial charge on any atom is -0.477 e. The number of carboxylic acid groups (broad SMARTS) is 2. The fourth-order valence-corrected chi connectivity index (χ4v) is 3.46. The highest BCUT2D eigenvalue weighted by atomic mass is 32.2. The second-order valence-electron chi connectivity index (χ2n) is 4.99. The number of nitro benzene ring substituents is 2. The van der Waals surface area contributed by atoms with Crippen molar-refractivity contribution < 1.29 is 38.1 Å². The molecule has 0 bridgehead atoms. The molecule has 0 radical (unpaired) electrons. The molecular weight excluding hydrogens is 388 g/mol. The predicted octanol–water partition coefficient (Wildman–Crippen LogP) is 1.73. The van der Waals surface area contributed by atoms with Gasteiger partial charge in [-0.05, 0) is 24.3 Å². The van der Waals surface area contributed by atoms with Crippen LogP contribution in [0.15, 0.2) is 46.2 Å². The number of hydrogen-bond acceptors (Lipinski definition) is 8. The van der Waals surface area contributed by atoms with Gasteiger partial charge < -0.3 is 10.2 Å². The summed E-state index contributed by atoms with van der Waals surface area (Å²) in [6.45, 7) is 0. The van der Waals surface area contributed by atoms with Gasteiger partial charge in [0.1, 0.15) is 11.1 Å². The van der Waals surface area contributed by atoms with Crippen LogP contribution in [0.5, 0.6) is 0 Å². The van der Waals surface area contributed by atoms with E-state index >= 15 is 0 Å². The number of benzene rings is 2. The summed E-state index contributed by atoms with van der Waals surface area (Å²) in [5.74, 6) is -3.29. The largest absolute Gasteiger partial charge is 0.477 e. The van der Waals surface area contributed by atoms with Crippen LogP contribution in [0, 0.1) is 20.2 Å². The molecule has 0 aliphatic rings. The van der Waals surface area contributed by atoms with Gasteiger partial charge in [-0.15, -0.1) is 0 Å². The minimum absolute atomic E-state index is 0.510. The summed E-state index contributed by atoms with van der Waals surface area (Å²) in [5, 5.41) is 39.8. The highest BCUT2D eigenvalue weighted by Gasteiger charge is 2.29. The molecule has 12 nitrogen and oxygen atoms in total. The highest BCUT2D eigenvalue weighted by Crippen LogP contribution is 2.30. The summed E-state index contributed by atoms with van der Waals surface area (Å²) in [4.78, 5) is 40.4. The zero-order chi connectivity index (χ0) is 20.5. The van der Waals surface area contributed by atoms with E-state index in [9.17, 15) is 38.2 Å². The van der Waals surface area contributed by atoms with Crippen LogP contribution in [0.3, 0.4) is 0 Å². The van der Waals surface area contributed by atoms with Crippen molar-refractivity contribution in [2.45, 2.75) is 9.79 Å². The Morgan fingerprint density at radius 1 is 0.778 bits per heavy atom. The molecule has 0 atom stereocenters. The van der Waals surface area contributed by atoms with Crippen molar-refractivity contribution in [2.24, 2.45) is 0 Å². The summed E-state index contributed by atoms with van der Waals surface area (Å²) in [6, 6.07) is 4.04. The van der Waals surface area contributed by atoms with Gasteiger partial charge in [-0.25, -0.2) is 18.0 Å². The van der Waals surface area contributed by atoms with Crippen LogP contribution in [0.2, 0.25) is 0 Å². The lowest BCUT2D eigenvalue weighted by atomic mass is 10.2. The number of sulfone groups is 1. The predicted molar refractivity (Wildman–Crippen MR) is 85.6 cm³/mol. The standard InChI is InChI=1S/C14H8N2O10S/c17-13(18)9-3-1-7(5-11(9)15(21)22)27(25,26)8-2-4-10(14(19)20)12(6-8)16(23)24/h1-6H,(H,17,18)(H,19,20). The highest BCUT2D eigenvalue weighted by molar-refractivity contribution is 7.91. The molecule has 140 valence electrons. The summed E-state index contributed by atoms with van der Waals surface area (Å²) in [6.07, 6.45) is 0. The first kappa shape index (κ1) is 19.5. The Hall–Kier alpha value is -3.87. The summed E-state index contributed by atoms with van der Waals surface area (Å²) < 4.78 is 25.2. The molecule has 2 aromatic carbocycles. The second-order valence-corrected chi connectivity index (χ2v) is 6.94. The molecule has 0 heterocycles. The van der Waals surface area contributed by atoms with Gasteiger partial charge in [0, 0.05) is 12.1 Å². The molecule has 0 spiro atoms. The molecule has 2 aromatic rings. The van der Waals surface area contributed by atoms with Crippen LogP contribution in [-0.2, 0) is 9.84 Å². The Kier molecular flexibility index (Phi) is 4.90. The van der Waals surface area contributed by atoms with Crippen molar-refractivity contribution in [1.82, 2.24) is 0 Å². The van der Waals surface area contributed by atoms with Gasteiger partial charge in [-0.3, -0.25) is 20.2 Å². The molecule has 0 saturated carbocycles. The molecular formula is C14H8N2O10S. The van der Waals surface area contributed by atoms with Gasteiger partial charge in [0.15, 0.2) is 0 Å². The average molecular weight is 396 g/mol. The molecule has 0 fully saturated rings. The quantitative estimate of drug-likeness (QED) is 0.536. The van der Waals surface area contributed by atoms with Gasteiger partial charge in [-0.2, -0.15) is 0 Å². The number of hydrogen-bond donors (Lipinski definition) is 2. The summed E-state index contributed by atoms with van der Waals surface area (Å²) in [7, 11) is -4.53. The van der Waals surface area contributed by atoms with E-state index in [0.29, 0.717) is 24.3 Å². The van der Waals surface area contributed by atoms with E-state index in [1.54, 1.807) is 0 Å². The van der Waals surface area contributed by atoms with Crippen LogP contribution in [-0.4, -0.2) is 40.4 Å². The number of carbonyl (C=O) groups is 2. The van der Waals surface area contributed by atoms with Crippen molar-refractivity contribution in [1.29, 1.82) is 0 Å². The van der Waals surface area contributed by atoms with E-state index in [1.165, 1.54) is 0 Å². The minimum atomic E-state index is -4.53. The fraction of sp³-hybridized carbons (Fsp3) is 0. The van der Waals surface area contributed by atoms with E-state index in [0.717, 1.165) is 12.1 Å². The third kappa shape index (κ3) is 3.57. The molecule has 0 aliphatic carbocycles. The van der Waals surface area contributed by atoms with Crippen molar-refractivity contribution in [3.63, 3.8) is 0 Å². The van der Waals surface area contributed by atoms with Crippen molar-refractivity contribution in [3.8, 4) is 0 Å². The van der Waals surface area contributed by atoms with E-state index in [-0.39, 0.29) is 0 Å². The Balaban J connectivity index is 2.69. The number of carboxylic acids is 2. The lowest BCUT2D eigenvalue weighted by Gasteiger charge is -2.07. The van der Waals surface area contributed by atoms with Crippen LogP contribution in [0.4, 0.5) is 11.4 Å². The second kappa shape index (κ2) is 6.80. The Bertz CT molecular complexity index is 1030. The Morgan fingerprint density at radius 2 is 1.11 bits per heavy atom. The number of nitrogens with zero attached hydrogens (tertiary/aromatic N) is 2. The first-order valence-electron chi connectivity index (χ1n) is 6.75. The first-order chi connectivity index (χ1) is 12.5. The van der Waals surface area contributed by atoms with E-state index in [1.807, 2.05) is 0 Å². The first-order valence-corrected chi connectivity index (χ1v) is 8.23. The van der Waals surface area contributed by atoms with Crippen LogP contribution in [0.1, 0.15) is 20.7 Å². The van der Waals surface area contributed by atoms with Crippen LogP contribution >= 0.6 is 0 Å². The van der Waals surface area contributed by atoms with Crippen molar-refractivity contribution >= 4 is 33.2 Å². The van der Waals surface area contributed by atoms with E-state index in [4.69, 9.17) is 10.2 Å². The zero-order valence-corrected chi connectivity index (χ0v) is 13.7. The average Bonchev–Trinajstić information content (AvgIpc) is 2.60. The Labute approximate surface area is 149 Å². The maximum atomic E-state index is 12.6. The molecule has 0 amide bonds. The lowest BCUT2D eigenvalue weighted by molar-refractivity contribution is -0.385. The van der Waals surface area contributed by atoms with Gasteiger partial charge in [-0.1, -0.05) is 0 Å². The molecule has 2 rings (SSSR count). The molecule has 2 N–H and O–H groups in total. The molecule has 13 heteroatoms. The van der Waals surface area contributed by atoms with Gasteiger partial charge in [0.05, 0.1) is 19.6 Å². The fourth-order valence-electron chi connectivity index (χ4n) is 2.16. The molecule has 0 unspecified atom stereocenters. The zero-order valence-electron chi connectivity index (χ0n) is 12.9. The van der Waals surface area contributed by atoms with Gasteiger partial charge >= 0.3 is 11.9 Å². The number of nitro groups is 2. The van der Waals surface area contributed by atoms with E-state index < -0.39 is 63.9 Å². The van der Waals surface area contributed by atoms with Crippen LogP contribution in [0.25, 0.3) is 0 Å². The topological polar surface area (TPSA) is 195 Å². The normalized spacial score (nSPS) is 11.0. The summed E-state index contributed by atoms with van der Waals surface area (Å²) in [5.41, 5.74) is -3.46. The molecule has 0 aromatic heterocycles. The van der Waals surface area contributed by atoms with Gasteiger partial charge in [0.25, 0.3) is 11.4 Å². The molecule has 0 aliphatic heterocycles. The SMILES string of the molecule is O=C(O)c1ccc(S(=O)(=O)c2ccc(C(=O)O)c([N+](=O)[O-])c2)cc1[N+](=O)[O-]. The Morgan fingerprint density at radius 3 is 1.37 bits per heavy atom. The molecule has 27 heavy (non-hydrogen) atoms. The third-order valence-corrected chi connectivity index (χ3v) is 5.16. The van der Waals surface area contributed by atoms with Gasteiger partial charge in [0.2, 0.25) is 9.84 Å². The maximum absolute atomic E-state index is 12.6.